The number of nitrogens with one attached hydrogen (secondary N) is 1. The van der Waals surface area contributed by atoms with E-state index in [-0.39, 0.29) is 18.4 Å². The molecule has 0 atom stereocenters. The molecular formula is C15H21N3O2S. The molecule has 3 N–H and O–H groups in total. The van der Waals surface area contributed by atoms with Gasteiger partial charge in [-0.25, -0.2) is 0 Å². The van der Waals surface area contributed by atoms with E-state index in [0.717, 1.165) is 23.3 Å². The Kier molecular flexibility index (Phi) is 5.12. The molecule has 0 spiro atoms. The molecule has 1 aliphatic carbocycles. The van der Waals surface area contributed by atoms with E-state index in [1.807, 2.05) is 25.1 Å². The van der Waals surface area contributed by atoms with Gasteiger partial charge in [-0.2, -0.15) is 0 Å². The zero-order chi connectivity index (χ0) is 15.4. The van der Waals surface area contributed by atoms with Gasteiger partial charge in [0.2, 0.25) is 11.8 Å². The lowest BCUT2D eigenvalue weighted by Crippen LogP contribution is -2.39. The average molecular weight is 307 g/mol. The van der Waals surface area contributed by atoms with Gasteiger partial charge in [-0.3, -0.25) is 9.59 Å². The number of rotatable bonds is 6. The fourth-order valence-electron chi connectivity index (χ4n) is 1.83. The van der Waals surface area contributed by atoms with Crippen LogP contribution in [0.3, 0.4) is 0 Å². The van der Waals surface area contributed by atoms with Crippen LogP contribution >= 0.6 is 11.8 Å². The number of hydrogen-bond acceptors (Lipinski definition) is 4. The molecule has 2 rings (SSSR count). The molecule has 0 heterocycles. The first-order chi connectivity index (χ1) is 9.95. The molecule has 21 heavy (non-hydrogen) atoms. The van der Waals surface area contributed by atoms with Crippen molar-refractivity contribution in [1.29, 1.82) is 0 Å². The van der Waals surface area contributed by atoms with Gasteiger partial charge in [-0.15, -0.1) is 11.8 Å². The first-order valence-electron chi connectivity index (χ1n) is 6.98. The predicted molar refractivity (Wildman–Crippen MR) is 85.1 cm³/mol. The Bertz CT molecular complexity index is 544. The van der Waals surface area contributed by atoms with Crippen LogP contribution in [-0.2, 0) is 9.59 Å². The molecule has 1 fully saturated rings. The van der Waals surface area contributed by atoms with Gasteiger partial charge in [0.15, 0.2) is 0 Å². The number of nitrogens with zero attached hydrogens (tertiary/aromatic N) is 1. The van der Waals surface area contributed by atoms with E-state index >= 15 is 0 Å². The van der Waals surface area contributed by atoms with Crippen molar-refractivity contribution in [3.05, 3.63) is 23.8 Å². The van der Waals surface area contributed by atoms with Gasteiger partial charge in [0, 0.05) is 23.7 Å². The third-order valence-corrected chi connectivity index (χ3v) is 4.45. The van der Waals surface area contributed by atoms with E-state index in [0.29, 0.717) is 17.5 Å². The third-order valence-electron chi connectivity index (χ3n) is 3.31. The van der Waals surface area contributed by atoms with Gasteiger partial charge < -0.3 is 16.0 Å². The molecule has 1 aromatic carbocycles. The number of amides is 2. The Morgan fingerprint density at radius 1 is 1.43 bits per heavy atom. The number of hydrogen-bond donors (Lipinski definition) is 2. The normalized spacial score (nSPS) is 13.8. The number of benzene rings is 1. The van der Waals surface area contributed by atoms with Crippen LogP contribution in [0, 0.1) is 6.92 Å². The number of nitrogen functional groups attached to an aromatic ring is 1. The van der Waals surface area contributed by atoms with Crippen molar-refractivity contribution in [3.63, 3.8) is 0 Å². The Hall–Kier alpha value is -1.69. The summed E-state index contributed by atoms with van der Waals surface area (Å²) in [7, 11) is 1.65. The molecule has 5 nitrogen and oxygen atoms in total. The summed E-state index contributed by atoms with van der Waals surface area (Å²) in [6, 6.07) is 5.97. The van der Waals surface area contributed by atoms with E-state index in [9.17, 15) is 9.59 Å². The van der Waals surface area contributed by atoms with Gasteiger partial charge in [0.25, 0.3) is 0 Å². The van der Waals surface area contributed by atoms with E-state index in [1.165, 1.54) is 16.7 Å². The van der Waals surface area contributed by atoms with Gasteiger partial charge >= 0.3 is 0 Å². The number of anilines is 1. The predicted octanol–water partition coefficient (Wildman–Crippen LogP) is 1.41. The molecule has 0 saturated heterocycles. The Morgan fingerprint density at radius 3 is 2.81 bits per heavy atom. The van der Waals surface area contributed by atoms with Gasteiger partial charge in [0.1, 0.15) is 0 Å². The van der Waals surface area contributed by atoms with E-state index in [2.05, 4.69) is 5.32 Å². The Balaban J connectivity index is 1.79. The smallest absolute Gasteiger partial charge is 0.239 e. The lowest BCUT2D eigenvalue weighted by molar-refractivity contribution is -0.132. The van der Waals surface area contributed by atoms with E-state index in [4.69, 9.17) is 5.73 Å². The third kappa shape index (κ3) is 4.97. The molecule has 0 bridgehead atoms. The zero-order valence-corrected chi connectivity index (χ0v) is 13.2. The van der Waals surface area contributed by atoms with E-state index in [1.54, 1.807) is 7.05 Å². The molecular weight excluding hydrogens is 286 g/mol. The van der Waals surface area contributed by atoms with Crippen LogP contribution in [0.2, 0.25) is 0 Å². The molecule has 0 aromatic heterocycles. The summed E-state index contributed by atoms with van der Waals surface area (Å²) in [5.74, 6) is 0.156. The summed E-state index contributed by atoms with van der Waals surface area (Å²) in [6.45, 7) is 2.10. The first kappa shape index (κ1) is 15.7. The maximum atomic E-state index is 12.0. The molecule has 1 aliphatic rings. The number of aryl methyl sites for hydroxylation is 1. The average Bonchev–Trinajstić information content (AvgIpc) is 3.23. The SMILES string of the molecule is Cc1ccc(N)cc1SCC(=O)N(C)CC(=O)NC1CC1. The maximum absolute atomic E-state index is 12.0. The highest BCUT2D eigenvalue weighted by Crippen LogP contribution is 2.24. The summed E-state index contributed by atoms with van der Waals surface area (Å²) in [4.78, 5) is 26.2. The monoisotopic (exact) mass is 307 g/mol. The number of nitrogens with two attached hydrogens (primary N) is 1. The van der Waals surface area contributed by atoms with Crippen LogP contribution in [0.5, 0.6) is 0 Å². The van der Waals surface area contributed by atoms with Crippen molar-refractivity contribution in [3.8, 4) is 0 Å². The number of carbonyl (C=O) groups excluding carboxylic acids is 2. The van der Waals surface area contributed by atoms with Gasteiger partial charge in [0.05, 0.1) is 12.3 Å². The standard InChI is InChI=1S/C15H21N3O2S/c1-10-3-4-11(16)7-13(10)21-9-15(20)18(2)8-14(19)17-12-5-6-12/h3-4,7,12H,5-6,8-9,16H2,1-2H3,(H,17,19). The molecule has 1 saturated carbocycles. The van der Waals surface area contributed by atoms with Crippen LogP contribution in [-0.4, -0.2) is 42.1 Å². The number of thioether (sulfide) groups is 1. The highest BCUT2D eigenvalue weighted by atomic mass is 32.2. The highest BCUT2D eigenvalue weighted by molar-refractivity contribution is 8.00. The van der Waals surface area contributed by atoms with Crippen molar-refractivity contribution in [2.45, 2.75) is 30.7 Å². The summed E-state index contributed by atoms with van der Waals surface area (Å²) in [6.07, 6.45) is 2.10. The molecule has 6 heteroatoms. The molecule has 0 radical (unpaired) electrons. The van der Waals surface area contributed by atoms with Gasteiger partial charge in [-0.1, -0.05) is 6.07 Å². The summed E-state index contributed by atoms with van der Waals surface area (Å²) < 4.78 is 0. The molecule has 1 aromatic rings. The largest absolute Gasteiger partial charge is 0.399 e. The second kappa shape index (κ2) is 6.85. The molecule has 114 valence electrons. The highest BCUT2D eigenvalue weighted by Gasteiger charge is 2.24. The minimum Gasteiger partial charge on any atom is -0.399 e. The lowest BCUT2D eigenvalue weighted by atomic mass is 10.2. The fraction of sp³-hybridized carbons (Fsp3) is 0.467. The van der Waals surface area contributed by atoms with Crippen molar-refractivity contribution < 1.29 is 9.59 Å². The topological polar surface area (TPSA) is 75.4 Å². The van der Waals surface area contributed by atoms with Crippen molar-refractivity contribution in [1.82, 2.24) is 10.2 Å². The maximum Gasteiger partial charge on any atom is 0.239 e. The second-order valence-electron chi connectivity index (χ2n) is 5.41. The first-order valence-corrected chi connectivity index (χ1v) is 7.96. The molecule has 0 unspecified atom stereocenters. The molecule has 0 aliphatic heterocycles. The minimum absolute atomic E-state index is 0.0622. The Labute approximate surface area is 129 Å². The summed E-state index contributed by atoms with van der Waals surface area (Å²) in [5, 5.41) is 2.87. The number of likely N-dealkylation sites (N-methyl/N-ethyl adjacent to an activating group) is 1. The summed E-state index contributed by atoms with van der Waals surface area (Å²) in [5.41, 5.74) is 7.53. The van der Waals surface area contributed by atoms with Crippen molar-refractivity contribution in [2.24, 2.45) is 0 Å². The summed E-state index contributed by atoms with van der Waals surface area (Å²) >= 11 is 1.45. The Morgan fingerprint density at radius 2 is 2.14 bits per heavy atom. The van der Waals surface area contributed by atoms with Crippen LogP contribution in [0.1, 0.15) is 18.4 Å². The van der Waals surface area contributed by atoms with Crippen LogP contribution in [0.4, 0.5) is 5.69 Å². The minimum atomic E-state index is -0.0847. The number of carbonyl (C=O) groups is 2. The van der Waals surface area contributed by atoms with Crippen LogP contribution in [0.15, 0.2) is 23.1 Å². The quantitative estimate of drug-likeness (QED) is 0.615. The van der Waals surface area contributed by atoms with Gasteiger partial charge in [-0.05, 0) is 37.5 Å². The molecule has 2 amide bonds. The lowest BCUT2D eigenvalue weighted by Gasteiger charge is -2.17. The fourth-order valence-corrected chi connectivity index (χ4v) is 2.84. The van der Waals surface area contributed by atoms with Crippen LogP contribution < -0.4 is 11.1 Å². The zero-order valence-electron chi connectivity index (χ0n) is 12.4. The van der Waals surface area contributed by atoms with Crippen molar-refractivity contribution >= 4 is 29.3 Å². The van der Waals surface area contributed by atoms with E-state index < -0.39 is 0 Å². The van der Waals surface area contributed by atoms with Crippen molar-refractivity contribution in [2.75, 3.05) is 25.1 Å². The second-order valence-corrected chi connectivity index (χ2v) is 6.42. The van der Waals surface area contributed by atoms with Crippen LogP contribution in [0.25, 0.3) is 0 Å².